The molecule has 0 saturated carbocycles. The number of aromatic nitrogens is 1. The van der Waals surface area contributed by atoms with Crippen molar-refractivity contribution in [2.45, 2.75) is 26.2 Å². The Morgan fingerprint density at radius 2 is 1.96 bits per heavy atom. The van der Waals surface area contributed by atoms with Crippen LogP contribution in [0.25, 0.3) is 16.3 Å². The fraction of sp³-hybridized carbons (Fsp3) is 0.200. The highest BCUT2D eigenvalue weighted by Gasteiger charge is 2.15. The molecule has 0 aliphatic heterocycles. The molecule has 3 nitrogen and oxygen atoms in total. The molecule has 2 aromatic carbocycles. The number of nitrogens with one attached hydrogen (secondary N) is 1. The van der Waals surface area contributed by atoms with Crippen molar-refractivity contribution in [3.8, 4) is 0 Å². The summed E-state index contributed by atoms with van der Waals surface area (Å²) in [4.78, 5) is 16.6. The Labute approximate surface area is 156 Å². The van der Waals surface area contributed by atoms with Crippen molar-refractivity contribution < 1.29 is 4.79 Å². The number of rotatable bonds is 3. The van der Waals surface area contributed by atoms with Crippen LogP contribution in [-0.4, -0.2) is 10.9 Å². The largest absolute Gasteiger partial charge is 0.298 e. The Morgan fingerprint density at radius 1 is 1.20 bits per heavy atom. The first kappa shape index (κ1) is 17.6. The van der Waals surface area contributed by atoms with Crippen LogP contribution in [0.2, 0.25) is 5.02 Å². The average Bonchev–Trinajstić information content (AvgIpc) is 2.94. The second kappa shape index (κ2) is 6.98. The van der Waals surface area contributed by atoms with E-state index in [9.17, 15) is 4.79 Å². The summed E-state index contributed by atoms with van der Waals surface area (Å²) in [6.45, 7) is 6.53. The molecule has 0 aliphatic rings. The monoisotopic (exact) mass is 370 g/mol. The van der Waals surface area contributed by atoms with Gasteiger partial charge in [-0.2, -0.15) is 0 Å². The lowest BCUT2D eigenvalue weighted by molar-refractivity contribution is -0.111. The summed E-state index contributed by atoms with van der Waals surface area (Å²) in [7, 11) is 0. The highest BCUT2D eigenvalue weighted by atomic mass is 35.5. The highest BCUT2D eigenvalue weighted by Crippen LogP contribution is 2.31. The van der Waals surface area contributed by atoms with Crippen molar-refractivity contribution in [2.24, 2.45) is 0 Å². The molecule has 0 radical (unpaired) electrons. The summed E-state index contributed by atoms with van der Waals surface area (Å²) >= 11 is 7.56. The van der Waals surface area contributed by atoms with Gasteiger partial charge in [0.05, 0.1) is 10.2 Å². The van der Waals surface area contributed by atoms with E-state index in [-0.39, 0.29) is 11.3 Å². The van der Waals surface area contributed by atoms with Gasteiger partial charge in [-0.05, 0) is 40.8 Å². The van der Waals surface area contributed by atoms with E-state index in [4.69, 9.17) is 11.6 Å². The minimum atomic E-state index is -0.227. The number of halogens is 1. The third kappa shape index (κ3) is 4.27. The molecular formula is C20H19ClN2OS. The van der Waals surface area contributed by atoms with Crippen molar-refractivity contribution in [3.05, 3.63) is 64.7 Å². The van der Waals surface area contributed by atoms with E-state index in [0.29, 0.717) is 10.2 Å². The summed E-state index contributed by atoms with van der Waals surface area (Å²) in [5.74, 6) is -0.227. The molecule has 25 heavy (non-hydrogen) atoms. The molecule has 128 valence electrons. The smallest absolute Gasteiger partial charge is 0.250 e. The van der Waals surface area contributed by atoms with Crippen LogP contribution >= 0.6 is 22.9 Å². The second-order valence-corrected chi connectivity index (χ2v) is 8.23. The van der Waals surface area contributed by atoms with Gasteiger partial charge in [0.15, 0.2) is 5.13 Å². The quantitative estimate of drug-likeness (QED) is 0.583. The van der Waals surface area contributed by atoms with Crippen LogP contribution in [0, 0.1) is 0 Å². The Hall–Kier alpha value is -2.17. The number of nitrogens with zero attached hydrogens (tertiary/aromatic N) is 1. The average molecular weight is 371 g/mol. The van der Waals surface area contributed by atoms with Crippen LogP contribution < -0.4 is 5.32 Å². The van der Waals surface area contributed by atoms with E-state index < -0.39 is 0 Å². The molecule has 5 heteroatoms. The molecule has 0 spiro atoms. The van der Waals surface area contributed by atoms with Gasteiger partial charge in [0.25, 0.3) is 0 Å². The third-order valence-electron chi connectivity index (χ3n) is 3.80. The predicted octanol–water partition coefficient (Wildman–Crippen LogP) is 5.90. The van der Waals surface area contributed by atoms with E-state index in [1.807, 2.05) is 24.3 Å². The van der Waals surface area contributed by atoms with E-state index in [1.54, 1.807) is 12.1 Å². The van der Waals surface area contributed by atoms with Crippen LogP contribution in [-0.2, 0) is 10.2 Å². The minimum Gasteiger partial charge on any atom is -0.298 e. The maximum absolute atomic E-state index is 12.1. The lowest BCUT2D eigenvalue weighted by Crippen LogP contribution is -2.10. The Bertz CT molecular complexity index is 954. The number of fused-ring (bicyclic) bond motifs is 1. The highest BCUT2D eigenvalue weighted by molar-refractivity contribution is 7.22. The zero-order valence-corrected chi connectivity index (χ0v) is 15.9. The van der Waals surface area contributed by atoms with Gasteiger partial charge in [-0.3, -0.25) is 10.1 Å². The molecule has 1 N–H and O–H groups in total. The molecule has 1 aromatic heterocycles. The number of carbonyl (C=O) groups excluding carboxylic acids is 1. The van der Waals surface area contributed by atoms with Crippen molar-refractivity contribution >= 4 is 50.3 Å². The van der Waals surface area contributed by atoms with E-state index in [1.165, 1.54) is 23.0 Å². The zero-order valence-electron chi connectivity index (χ0n) is 14.3. The lowest BCUT2D eigenvalue weighted by Gasteiger charge is -2.18. The molecule has 0 bridgehead atoms. The van der Waals surface area contributed by atoms with Gasteiger partial charge < -0.3 is 0 Å². The summed E-state index contributed by atoms with van der Waals surface area (Å²) in [5, 5.41) is 4.02. The SMILES string of the molecule is CC(C)(C)c1ccc2nc(NC(=O)/C=C/c3ccccc3Cl)sc2c1. The van der Waals surface area contributed by atoms with Gasteiger partial charge >= 0.3 is 0 Å². The van der Waals surface area contributed by atoms with Gasteiger partial charge in [-0.15, -0.1) is 0 Å². The molecule has 0 atom stereocenters. The molecule has 0 unspecified atom stereocenters. The number of carbonyl (C=O) groups is 1. The first-order valence-corrected chi connectivity index (χ1v) is 9.17. The van der Waals surface area contributed by atoms with E-state index in [0.717, 1.165) is 15.8 Å². The maximum Gasteiger partial charge on any atom is 0.250 e. The predicted molar refractivity (Wildman–Crippen MR) is 107 cm³/mol. The first-order valence-electron chi connectivity index (χ1n) is 7.97. The molecule has 0 aliphatic carbocycles. The van der Waals surface area contributed by atoms with Crippen LogP contribution in [0.15, 0.2) is 48.5 Å². The Kier molecular flexibility index (Phi) is 4.93. The maximum atomic E-state index is 12.1. The van der Waals surface area contributed by atoms with Crippen LogP contribution in [0.3, 0.4) is 0 Å². The normalized spacial score (nSPS) is 12.0. The zero-order chi connectivity index (χ0) is 18.0. The molecule has 3 rings (SSSR count). The summed E-state index contributed by atoms with van der Waals surface area (Å²) in [5.41, 5.74) is 3.03. The van der Waals surface area contributed by atoms with Crippen molar-refractivity contribution in [1.29, 1.82) is 0 Å². The number of hydrogen-bond acceptors (Lipinski definition) is 3. The van der Waals surface area contributed by atoms with E-state index in [2.05, 4.69) is 43.2 Å². The molecule has 0 saturated heterocycles. The first-order chi connectivity index (χ1) is 11.8. The van der Waals surface area contributed by atoms with Crippen LogP contribution in [0.5, 0.6) is 0 Å². The molecular weight excluding hydrogens is 352 g/mol. The Morgan fingerprint density at radius 3 is 2.68 bits per heavy atom. The van der Waals surface area contributed by atoms with Gasteiger partial charge in [-0.25, -0.2) is 4.98 Å². The molecule has 3 aromatic rings. The van der Waals surface area contributed by atoms with Crippen LogP contribution in [0.4, 0.5) is 5.13 Å². The number of anilines is 1. The summed E-state index contributed by atoms with van der Waals surface area (Å²) in [6, 6.07) is 13.6. The van der Waals surface area contributed by atoms with Crippen molar-refractivity contribution in [1.82, 2.24) is 4.98 Å². The standard InChI is InChI=1S/C20H19ClN2OS/c1-20(2,3)14-9-10-16-17(12-14)25-19(22-16)23-18(24)11-8-13-6-4-5-7-15(13)21/h4-12H,1-3H3,(H,22,23,24)/b11-8+. The molecule has 1 heterocycles. The van der Waals surface area contributed by atoms with Crippen molar-refractivity contribution in [2.75, 3.05) is 5.32 Å². The molecule has 0 fully saturated rings. The van der Waals surface area contributed by atoms with Gasteiger partial charge in [0.1, 0.15) is 0 Å². The number of hydrogen-bond donors (Lipinski definition) is 1. The summed E-state index contributed by atoms with van der Waals surface area (Å²) < 4.78 is 1.07. The van der Waals surface area contributed by atoms with Crippen LogP contribution in [0.1, 0.15) is 31.9 Å². The minimum absolute atomic E-state index is 0.0826. The Balaban J connectivity index is 1.76. The second-order valence-electron chi connectivity index (χ2n) is 6.80. The van der Waals surface area contributed by atoms with Gasteiger partial charge in [-0.1, -0.05) is 68.0 Å². The lowest BCUT2D eigenvalue weighted by atomic mass is 9.87. The van der Waals surface area contributed by atoms with Gasteiger partial charge in [0, 0.05) is 11.1 Å². The molecule has 1 amide bonds. The number of thiazole rings is 1. The number of amides is 1. The van der Waals surface area contributed by atoms with Gasteiger partial charge in [0.2, 0.25) is 5.91 Å². The fourth-order valence-electron chi connectivity index (χ4n) is 2.37. The van der Waals surface area contributed by atoms with Crippen molar-refractivity contribution in [3.63, 3.8) is 0 Å². The third-order valence-corrected chi connectivity index (χ3v) is 5.08. The summed E-state index contributed by atoms with van der Waals surface area (Å²) in [6.07, 6.45) is 3.16. The topological polar surface area (TPSA) is 42.0 Å². The fourth-order valence-corrected chi connectivity index (χ4v) is 3.47. The van der Waals surface area contributed by atoms with E-state index >= 15 is 0 Å². The number of benzene rings is 2.